The van der Waals surface area contributed by atoms with E-state index in [0.29, 0.717) is 17.3 Å². The molecule has 2 heterocycles. The average Bonchev–Trinajstić information content (AvgIpc) is 2.99. The molecule has 0 saturated carbocycles. The highest BCUT2D eigenvalue weighted by Crippen LogP contribution is 2.27. The van der Waals surface area contributed by atoms with Crippen LogP contribution in [0.4, 0.5) is 0 Å². The number of aryl methyl sites for hydroxylation is 1. The van der Waals surface area contributed by atoms with Crippen molar-refractivity contribution in [3.05, 3.63) is 28.0 Å². The van der Waals surface area contributed by atoms with Gasteiger partial charge in [0.1, 0.15) is 17.0 Å². The van der Waals surface area contributed by atoms with E-state index in [1.165, 1.54) is 17.7 Å². The lowest BCUT2D eigenvalue weighted by Gasteiger charge is -2.13. The van der Waals surface area contributed by atoms with Crippen molar-refractivity contribution in [2.24, 2.45) is 0 Å². The number of hydrogen-bond acceptors (Lipinski definition) is 6. The highest BCUT2D eigenvalue weighted by molar-refractivity contribution is 7.89. The Morgan fingerprint density at radius 1 is 1.50 bits per heavy atom. The van der Waals surface area contributed by atoms with Gasteiger partial charge >= 0.3 is 0 Å². The molecule has 1 unspecified atom stereocenters. The molecule has 110 valence electrons. The van der Waals surface area contributed by atoms with Gasteiger partial charge in [0.25, 0.3) is 0 Å². The van der Waals surface area contributed by atoms with E-state index in [1.807, 2.05) is 5.38 Å². The summed E-state index contributed by atoms with van der Waals surface area (Å²) in [7, 11) is -1.81. The van der Waals surface area contributed by atoms with Gasteiger partial charge in [-0.05, 0) is 31.8 Å². The number of thiophene rings is 1. The first kappa shape index (κ1) is 15.1. The van der Waals surface area contributed by atoms with Crippen molar-refractivity contribution in [1.82, 2.24) is 25.2 Å². The molecule has 0 aliphatic carbocycles. The standard InChI is InChI=1S/C11H17N5O2S2/c1-7-5-19-9(4-12-3)10(7)20(17,18)16-8(2)11-13-6-14-15-11/h5-6,8,12,16H,4H2,1-3H3,(H,13,14,15). The summed E-state index contributed by atoms with van der Waals surface area (Å²) >= 11 is 1.43. The van der Waals surface area contributed by atoms with Crippen molar-refractivity contribution in [3.8, 4) is 0 Å². The van der Waals surface area contributed by atoms with Gasteiger partial charge < -0.3 is 5.32 Å². The summed E-state index contributed by atoms with van der Waals surface area (Å²) in [6, 6.07) is -0.468. The predicted octanol–water partition coefficient (Wildman–Crippen LogP) is 0.934. The Labute approximate surface area is 121 Å². The Hall–Kier alpha value is -1.29. The Balaban J connectivity index is 2.29. The largest absolute Gasteiger partial charge is 0.315 e. The van der Waals surface area contributed by atoms with E-state index in [2.05, 4.69) is 25.2 Å². The zero-order valence-corrected chi connectivity index (χ0v) is 13.1. The van der Waals surface area contributed by atoms with Crippen LogP contribution >= 0.6 is 11.3 Å². The van der Waals surface area contributed by atoms with Gasteiger partial charge in [-0.3, -0.25) is 5.10 Å². The molecule has 3 N–H and O–H groups in total. The monoisotopic (exact) mass is 315 g/mol. The zero-order chi connectivity index (χ0) is 14.8. The molecule has 2 aromatic rings. The molecule has 0 fully saturated rings. The second-order valence-corrected chi connectivity index (χ2v) is 7.03. The molecule has 7 nitrogen and oxygen atoms in total. The predicted molar refractivity (Wildman–Crippen MR) is 76.9 cm³/mol. The molecular formula is C11H17N5O2S2. The molecule has 0 spiro atoms. The lowest BCUT2D eigenvalue weighted by molar-refractivity contribution is 0.558. The number of H-pyrrole nitrogens is 1. The van der Waals surface area contributed by atoms with Gasteiger partial charge in [0, 0.05) is 11.4 Å². The minimum absolute atomic E-state index is 0.350. The molecule has 1 atom stereocenters. The quantitative estimate of drug-likeness (QED) is 0.736. The molecule has 0 bridgehead atoms. The Morgan fingerprint density at radius 2 is 2.25 bits per heavy atom. The summed E-state index contributed by atoms with van der Waals surface area (Å²) in [5.74, 6) is 0.483. The smallest absolute Gasteiger partial charge is 0.242 e. The van der Waals surface area contributed by atoms with Crippen molar-refractivity contribution >= 4 is 21.4 Å². The average molecular weight is 315 g/mol. The van der Waals surface area contributed by atoms with E-state index in [-0.39, 0.29) is 0 Å². The second-order valence-electron chi connectivity index (χ2n) is 4.42. The van der Waals surface area contributed by atoms with Crippen LogP contribution in [0.3, 0.4) is 0 Å². The van der Waals surface area contributed by atoms with E-state index in [9.17, 15) is 8.42 Å². The molecule has 2 rings (SSSR count). The number of rotatable bonds is 6. The maximum atomic E-state index is 12.5. The minimum Gasteiger partial charge on any atom is -0.315 e. The molecule has 20 heavy (non-hydrogen) atoms. The van der Waals surface area contributed by atoms with Gasteiger partial charge in [0.05, 0.1) is 6.04 Å². The van der Waals surface area contributed by atoms with Crippen LogP contribution in [0.2, 0.25) is 0 Å². The van der Waals surface area contributed by atoms with Gasteiger partial charge in [-0.2, -0.15) is 5.10 Å². The number of nitrogens with one attached hydrogen (secondary N) is 3. The first-order chi connectivity index (χ1) is 9.45. The van der Waals surface area contributed by atoms with Crippen molar-refractivity contribution < 1.29 is 8.42 Å². The van der Waals surface area contributed by atoms with Crippen LogP contribution < -0.4 is 10.0 Å². The number of sulfonamides is 1. The fraction of sp³-hybridized carbons (Fsp3) is 0.455. The van der Waals surface area contributed by atoms with E-state index in [0.717, 1.165) is 10.4 Å². The van der Waals surface area contributed by atoms with E-state index in [4.69, 9.17) is 0 Å². The third kappa shape index (κ3) is 3.06. The highest BCUT2D eigenvalue weighted by Gasteiger charge is 2.25. The van der Waals surface area contributed by atoms with Crippen LogP contribution in [0.5, 0.6) is 0 Å². The van der Waals surface area contributed by atoms with Crippen molar-refractivity contribution in [2.75, 3.05) is 7.05 Å². The van der Waals surface area contributed by atoms with Gasteiger partial charge in [-0.25, -0.2) is 18.1 Å². The molecular weight excluding hydrogens is 298 g/mol. The van der Waals surface area contributed by atoms with Crippen molar-refractivity contribution in [2.45, 2.75) is 31.3 Å². The number of aromatic amines is 1. The third-order valence-electron chi connectivity index (χ3n) is 2.77. The third-order valence-corrected chi connectivity index (χ3v) is 5.77. The molecule has 0 aromatic carbocycles. The van der Waals surface area contributed by atoms with E-state index in [1.54, 1.807) is 20.9 Å². The summed E-state index contributed by atoms with van der Waals surface area (Å²) in [6.07, 6.45) is 1.35. The van der Waals surface area contributed by atoms with E-state index < -0.39 is 16.1 Å². The normalized spacial score (nSPS) is 13.6. The summed E-state index contributed by atoms with van der Waals surface area (Å²) in [6.45, 7) is 4.03. The van der Waals surface area contributed by atoms with Crippen molar-refractivity contribution in [1.29, 1.82) is 0 Å². The van der Waals surface area contributed by atoms with Gasteiger partial charge in [-0.15, -0.1) is 11.3 Å². The SMILES string of the molecule is CNCc1scc(C)c1S(=O)(=O)NC(C)c1ncn[nH]1. The topological polar surface area (TPSA) is 99.8 Å². The maximum absolute atomic E-state index is 12.5. The zero-order valence-electron chi connectivity index (χ0n) is 11.5. The highest BCUT2D eigenvalue weighted by atomic mass is 32.2. The summed E-state index contributed by atoms with van der Waals surface area (Å²) in [5.41, 5.74) is 0.748. The molecule has 9 heteroatoms. The molecule has 0 saturated heterocycles. The number of hydrogen-bond donors (Lipinski definition) is 3. The lowest BCUT2D eigenvalue weighted by atomic mass is 10.3. The first-order valence-corrected chi connectivity index (χ1v) is 8.41. The second kappa shape index (κ2) is 6.00. The van der Waals surface area contributed by atoms with Gasteiger partial charge in [0.2, 0.25) is 10.0 Å². The van der Waals surface area contributed by atoms with Crippen LogP contribution in [0.1, 0.15) is 29.2 Å². The van der Waals surface area contributed by atoms with Crippen LogP contribution in [-0.4, -0.2) is 30.6 Å². The van der Waals surface area contributed by atoms with Crippen LogP contribution in [0, 0.1) is 6.92 Å². The van der Waals surface area contributed by atoms with Crippen molar-refractivity contribution in [3.63, 3.8) is 0 Å². The molecule has 0 amide bonds. The fourth-order valence-corrected chi connectivity index (χ4v) is 4.93. The molecule has 0 radical (unpaired) electrons. The lowest BCUT2D eigenvalue weighted by Crippen LogP contribution is -2.28. The van der Waals surface area contributed by atoms with Gasteiger partial charge in [0.15, 0.2) is 0 Å². The molecule has 0 aliphatic rings. The summed E-state index contributed by atoms with van der Waals surface area (Å²) in [5, 5.41) is 11.2. The summed E-state index contributed by atoms with van der Waals surface area (Å²) < 4.78 is 27.7. The van der Waals surface area contributed by atoms with E-state index >= 15 is 0 Å². The van der Waals surface area contributed by atoms with Gasteiger partial charge in [-0.1, -0.05) is 0 Å². The Morgan fingerprint density at radius 3 is 2.85 bits per heavy atom. The van der Waals surface area contributed by atoms with Crippen LogP contribution in [0.25, 0.3) is 0 Å². The first-order valence-electron chi connectivity index (χ1n) is 6.05. The number of aromatic nitrogens is 3. The Kier molecular flexibility index (Phi) is 4.53. The molecule has 0 aliphatic heterocycles. The van der Waals surface area contributed by atoms with Crippen LogP contribution in [-0.2, 0) is 16.6 Å². The van der Waals surface area contributed by atoms with Crippen LogP contribution in [0.15, 0.2) is 16.6 Å². The number of nitrogens with zero attached hydrogens (tertiary/aromatic N) is 2. The fourth-order valence-electron chi connectivity index (χ4n) is 1.90. The molecule has 2 aromatic heterocycles. The Bertz CT molecular complexity index is 663. The maximum Gasteiger partial charge on any atom is 0.242 e. The summed E-state index contributed by atoms with van der Waals surface area (Å²) in [4.78, 5) is 5.10. The minimum atomic E-state index is -3.59.